The van der Waals surface area contributed by atoms with Crippen LogP contribution >= 0.6 is 0 Å². The SMILES string of the molecule is CC1CC(C)CC2(CNCC(C)(C)O2)C1. The van der Waals surface area contributed by atoms with E-state index in [1.165, 1.54) is 19.3 Å². The molecular weight excluding hydrogens is 186 g/mol. The van der Waals surface area contributed by atoms with Crippen molar-refractivity contribution in [3.05, 3.63) is 0 Å². The fraction of sp³-hybridized carbons (Fsp3) is 1.00. The molecule has 1 aliphatic carbocycles. The van der Waals surface area contributed by atoms with Crippen LogP contribution in [0.15, 0.2) is 0 Å². The first-order chi connectivity index (χ1) is 6.91. The van der Waals surface area contributed by atoms with E-state index in [0.29, 0.717) is 0 Å². The van der Waals surface area contributed by atoms with Gasteiger partial charge in [0.15, 0.2) is 0 Å². The number of hydrogen-bond donors (Lipinski definition) is 1. The molecule has 0 amide bonds. The minimum Gasteiger partial charge on any atom is -0.366 e. The van der Waals surface area contributed by atoms with Gasteiger partial charge in [0.25, 0.3) is 0 Å². The third kappa shape index (κ3) is 2.54. The van der Waals surface area contributed by atoms with Gasteiger partial charge in [-0.05, 0) is 44.9 Å². The molecule has 2 heteroatoms. The summed E-state index contributed by atoms with van der Waals surface area (Å²) >= 11 is 0. The van der Waals surface area contributed by atoms with E-state index < -0.39 is 0 Å². The monoisotopic (exact) mass is 211 g/mol. The lowest BCUT2D eigenvalue weighted by atomic mass is 9.72. The molecule has 1 saturated heterocycles. The highest BCUT2D eigenvalue weighted by Gasteiger charge is 2.44. The van der Waals surface area contributed by atoms with E-state index in [-0.39, 0.29) is 11.2 Å². The van der Waals surface area contributed by atoms with E-state index in [1.807, 2.05) is 0 Å². The van der Waals surface area contributed by atoms with Crippen LogP contribution in [0.5, 0.6) is 0 Å². The maximum atomic E-state index is 6.38. The fourth-order valence-electron chi connectivity index (χ4n) is 3.68. The van der Waals surface area contributed by atoms with Crippen molar-refractivity contribution in [1.82, 2.24) is 5.32 Å². The Balaban J connectivity index is 2.11. The van der Waals surface area contributed by atoms with E-state index in [0.717, 1.165) is 24.9 Å². The van der Waals surface area contributed by atoms with E-state index in [2.05, 4.69) is 33.0 Å². The maximum Gasteiger partial charge on any atom is 0.0819 e. The summed E-state index contributed by atoms with van der Waals surface area (Å²) in [5.74, 6) is 1.62. The van der Waals surface area contributed by atoms with Gasteiger partial charge in [0.05, 0.1) is 11.2 Å². The first kappa shape index (κ1) is 11.4. The number of nitrogens with one attached hydrogen (secondary N) is 1. The summed E-state index contributed by atoms with van der Waals surface area (Å²) in [5.41, 5.74) is 0.133. The molecule has 15 heavy (non-hydrogen) atoms. The first-order valence-corrected chi connectivity index (χ1v) is 6.32. The van der Waals surface area contributed by atoms with Gasteiger partial charge in [0, 0.05) is 13.1 Å². The van der Waals surface area contributed by atoms with Crippen molar-refractivity contribution in [3.8, 4) is 0 Å². The Hall–Kier alpha value is -0.0800. The van der Waals surface area contributed by atoms with Crippen LogP contribution < -0.4 is 5.32 Å². The Morgan fingerprint density at radius 2 is 1.67 bits per heavy atom. The van der Waals surface area contributed by atoms with Gasteiger partial charge in [-0.2, -0.15) is 0 Å². The van der Waals surface area contributed by atoms with Gasteiger partial charge in [-0.3, -0.25) is 0 Å². The molecule has 2 rings (SSSR count). The molecule has 1 N–H and O–H groups in total. The zero-order chi connectivity index (χ0) is 11.1. The predicted octanol–water partition coefficient (Wildman–Crippen LogP) is 2.58. The largest absolute Gasteiger partial charge is 0.366 e. The van der Waals surface area contributed by atoms with E-state index in [9.17, 15) is 0 Å². The Morgan fingerprint density at radius 3 is 2.20 bits per heavy atom. The highest BCUT2D eigenvalue weighted by molar-refractivity contribution is 4.97. The van der Waals surface area contributed by atoms with Crippen LogP contribution in [0.25, 0.3) is 0 Å². The summed E-state index contributed by atoms with van der Waals surface area (Å²) in [5, 5.41) is 3.55. The van der Waals surface area contributed by atoms with Crippen molar-refractivity contribution in [2.75, 3.05) is 13.1 Å². The summed E-state index contributed by atoms with van der Waals surface area (Å²) < 4.78 is 6.38. The van der Waals surface area contributed by atoms with Crippen molar-refractivity contribution in [2.24, 2.45) is 11.8 Å². The molecule has 0 aromatic carbocycles. The van der Waals surface area contributed by atoms with Crippen LogP contribution in [0.3, 0.4) is 0 Å². The normalized spacial score (nSPS) is 45.6. The van der Waals surface area contributed by atoms with Gasteiger partial charge in [0.1, 0.15) is 0 Å². The van der Waals surface area contributed by atoms with E-state index in [4.69, 9.17) is 4.74 Å². The van der Waals surface area contributed by atoms with E-state index in [1.54, 1.807) is 0 Å². The molecule has 2 fully saturated rings. The third-order valence-corrected chi connectivity index (χ3v) is 3.74. The smallest absolute Gasteiger partial charge is 0.0819 e. The third-order valence-electron chi connectivity index (χ3n) is 3.74. The Bertz CT molecular complexity index is 227. The summed E-state index contributed by atoms with van der Waals surface area (Å²) in [6, 6.07) is 0. The number of rotatable bonds is 0. The fourth-order valence-corrected chi connectivity index (χ4v) is 3.68. The van der Waals surface area contributed by atoms with Crippen molar-refractivity contribution in [2.45, 2.75) is 58.2 Å². The van der Waals surface area contributed by atoms with Gasteiger partial charge in [-0.15, -0.1) is 0 Å². The summed E-state index contributed by atoms with van der Waals surface area (Å²) in [7, 11) is 0. The summed E-state index contributed by atoms with van der Waals surface area (Å²) in [6.45, 7) is 11.2. The Labute approximate surface area is 93.8 Å². The van der Waals surface area contributed by atoms with Crippen LogP contribution in [-0.4, -0.2) is 24.3 Å². The molecule has 0 aromatic rings. The predicted molar refractivity (Wildman–Crippen MR) is 62.9 cm³/mol. The maximum absolute atomic E-state index is 6.38. The molecule has 88 valence electrons. The molecule has 2 aliphatic rings. The average Bonchev–Trinajstić information content (AvgIpc) is 1.97. The van der Waals surface area contributed by atoms with E-state index >= 15 is 0 Å². The van der Waals surface area contributed by atoms with Crippen molar-refractivity contribution < 1.29 is 4.74 Å². The molecule has 0 aromatic heterocycles. The Kier molecular flexibility index (Phi) is 2.85. The lowest BCUT2D eigenvalue weighted by Gasteiger charge is -2.50. The quantitative estimate of drug-likeness (QED) is 0.665. The van der Waals surface area contributed by atoms with Crippen LogP contribution in [0.4, 0.5) is 0 Å². The summed E-state index contributed by atoms with van der Waals surface area (Å²) in [6.07, 6.45) is 3.83. The second-order valence-corrected chi connectivity index (χ2v) is 6.50. The molecule has 0 radical (unpaired) electrons. The highest BCUT2D eigenvalue weighted by atomic mass is 16.5. The molecule has 0 bridgehead atoms. The van der Waals surface area contributed by atoms with Crippen molar-refractivity contribution >= 4 is 0 Å². The van der Waals surface area contributed by atoms with Gasteiger partial charge < -0.3 is 10.1 Å². The zero-order valence-corrected chi connectivity index (χ0v) is 10.6. The first-order valence-electron chi connectivity index (χ1n) is 6.32. The number of morpholine rings is 1. The molecule has 2 nitrogen and oxygen atoms in total. The lowest BCUT2D eigenvalue weighted by Crippen LogP contribution is -2.60. The average molecular weight is 211 g/mol. The van der Waals surface area contributed by atoms with Gasteiger partial charge >= 0.3 is 0 Å². The molecule has 2 atom stereocenters. The van der Waals surface area contributed by atoms with Crippen molar-refractivity contribution in [1.29, 1.82) is 0 Å². The van der Waals surface area contributed by atoms with Gasteiger partial charge in [-0.25, -0.2) is 0 Å². The van der Waals surface area contributed by atoms with Gasteiger partial charge in [0.2, 0.25) is 0 Å². The standard InChI is InChI=1S/C13H25NO/c1-10-5-11(2)7-13(6-10)9-14-8-12(3,4)15-13/h10-11,14H,5-9H2,1-4H3. The second-order valence-electron chi connectivity index (χ2n) is 6.50. The number of ether oxygens (including phenoxy) is 1. The van der Waals surface area contributed by atoms with Gasteiger partial charge in [-0.1, -0.05) is 13.8 Å². The van der Waals surface area contributed by atoms with Crippen LogP contribution in [0.1, 0.15) is 47.0 Å². The molecule has 2 unspecified atom stereocenters. The second kappa shape index (κ2) is 3.74. The number of hydrogen-bond acceptors (Lipinski definition) is 2. The Morgan fingerprint density at radius 1 is 1.07 bits per heavy atom. The lowest BCUT2D eigenvalue weighted by molar-refractivity contribution is -0.187. The topological polar surface area (TPSA) is 21.3 Å². The molecule has 1 spiro atoms. The molecule has 1 aliphatic heterocycles. The molecule has 1 saturated carbocycles. The summed E-state index contributed by atoms with van der Waals surface area (Å²) in [4.78, 5) is 0. The van der Waals surface area contributed by atoms with Crippen LogP contribution in [0.2, 0.25) is 0 Å². The highest BCUT2D eigenvalue weighted by Crippen LogP contribution is 2.41. The minimum absolute atomic E-state index is 0.00896. The minimum atomic E-state index is 0.00896. The van der Waals surface area contributed by atoms with Crippen molar-refractivity contribution in [3.63, 3.8) is 0 Å². The zero-order valence-electron chi connectivity index (χ0n) is 10.6. The molecule has 1 heterocycles. The van der Waals surface area contributed by atoms with Crippen LogP contribution in [-0.2, 0) is 4.74 Å². The molecular formula is C13H25NO. The van der Waals surface area contributed by atoms with Crippen LogP contribution in [0, 0.1) is 11.8 Å².